The van der Waals surface area contributed by atoms with Crippen molar-refractivity contribution >= 4 is 11.7 Å². The highest BCUT2D eigenvalue weighted by Gasteiger charge is 2.29. The van der Waals surface area contributed by atoms with Gasteiger partial charge in [0, 0.05) is 32.3 Å². The van der Waals surface area contributed by atoms with Gasteiger partial charge in [-0.05, 0) is 43.7 Å². The molecule has 0 aromatic carbocycles. The van der Waals surface area contributed by atoms with E-state index in [1.807, 2.05) is 19.1 Å². The molecule has 1 aliphatic heterocycles. The number of carbonyl (C=O) groups excluding carboxylic acids is 1. The highest BCUT2D eigenvalue weighted by molar-refractivity contribution is 5.80. The van der Waals surface area contributed by atoms with Gasteiger partial charge < -0.3 is 14.7 Å². The lowest BCUT2D eigenvalue weighted by atomic mass is 9.89. The van der Waals surface area contributed by atoms with Crippen LogP contribution in [0.3, 0.4) is 0 Å². The Balaban J connectivity index is 1.42. The van der Waals surface area contributed by atoms with Gasteiger partial charge in [-0.25, -0.2) is 4.98 Å². The van der Waals surface area contributed by atoms with Crippen LogP contribution in [-0.2, 0) is 11.2 Å². The number of hydrogen-bond donors (Lipinski definition) is 1. The van der Waals surface area contributed by atoms with Crippen LogP contribution in [0.4, 0.5) is 5.82 Å². The Kier molecular flexibility index (Phi) is 6.42. The summed E-state index contributed by atoms with van der Waals surface area (Å²) in [6, 6.07) is 3.86. The molecule has 1 saturated carbocycles. The van der Waals surface area contributed by atoms with Crippen molar-refractivity contribution in [1.82, 2.24) is 20.4 Å². The van der Waals surface area contributed by atoms with Gasteiger partial charge in [-0.2, -0.15) is 4.98 Å². The fourth-order valence-electron chi connectivity index (χ4n) is 4.50. The van der Waals surface area contributed by atoms with E-state index in [9.17, 15) is 4.79 Å². The van der Waals surface area contributed by atoms with Crippen molar-refractivity contribution in [2.24, 2.45) is 11.8 Å². The predicted octanol–water partition coefficient (Wildman–Crippen LogP) is 3.61. The predicted molar refractivity (Wildman–Crippen MR) is 111 cm³/mol. The van der Waals surface area contributed by atoms with Crippen LogP contribution in [0, 0.1) is 11.8 Å². The molecule has 0 radical (unpaired) electrons. The summed E-state index contributed by atoms with van der Waals surface area (Å²) >= 11 is 0. The molecule has 2 aromatic heterocycles. The summed E-state index contributed by atoms with van der Waals surface area (Å²) in [7, 11) is 0. The molecule has 0 bridgehead atoms. The number of piperidine rings is 1. The first-order valence-corrected chi connectivity index (χ1v) is 11.0. The van der Waals surface area contributed by atoms with E-state index in [0.29, 0.717) is 30.6 Å². The number of aromatic nitrogens is 3. The molecule has 4 rings (SSSR count). The summed E-state index contributed by atoms with van der Waals surface area (Å²) in [6.07, 6.45) is 10.8. The van der Waals surface area contributed by atoms with Gasteiger partial charge >= 0.3 is 0 Å². The Labute approximate surface area is 172 Å². The third-order valence-corrected chi connectivity index (χ3v) is 6.18. The monoisotopic (exact) mass is 397 g/mol. The fourth-order valence-corrected chi connectivity index (χ4v) is 4.50. The van der Waals surface area contributed by atoms with Crippen molar-refractivity contribution in [2.45, 2.75) is 58.3 Å². The summed E-state index contributed by atoms with van der Waals surface area (Å²) in [5.74, 6) is 2.85. The van der Waals surface area contributed by atoms with Gasteiger partial charge in [0.25, 0.3) is 0 Å². The van der Waals surface area contributed by atoms with E-state index in [0.717, 1.165) is 37.3 Å². The van der Waals surface area contributed by atoms with Gasteiger partial charge in [-0.3, -0.25) is 4.79 Å². The number of amides is 1. The summed E-state index contributed by atoms with van der Waals surface area (Å²) in [4.78, 5) is 24.1. The zero-order chi connectivity index (χ0) is 20.1. The average Bonchev–Trinajstić information content (AvgIpc) is 3.27. The van der Waals surface area contributed by atoms with Crippen LogP contribution in [0.25, 0.3) is 11.4 Å². The van der Waals surface area contributed by atoms with E-state index in [4.69, 9.17) is 4.52 Å². The Morgan fingerprint density at radius 2 is 2.10 bits per heavy atom. The zero-order valence-electron chi connectivity index (χ0n) is 17.3. The topological polar surface area (TPSA) is 84.2 Å². The van der Waals surface area contributed by atoms with Crippen molar-refractivity contribution in [3.63, 3.8) is 0 Å². The van der Waals surface area contributed by atoms with E-state index in [1.54, 1.807) is 6.20 Å². The lowest BCUT2D eigenvalue weighted by molar-refractivity contribution is -0.125. The summed E-state index contributed by atoms with van der Waals surface area (Å²) in [5, 5.41) is 7.34. The highest BCUT2D eigenvalue weighted by atomic mass is 16.5. The molecule has 2 fully saturated rings. The second kappa shape index (κ2) is 9.37. The zero-order valence-corrected chi connectivity index (χ0v) is 17.3. The molecule has 156 valence electrons. The summed E-state index contributed by atoms with van der Waals surface area (Å²) in [5.41, 5.74) is 0.860. The highest BCUT2D eigenvalue weighted by Crippen LogP contribution is 2.30. The first-order valence-electron chi connectivity index (χ1n) is 11.0. The third kappa shape index (κ3) is 4.77. The minimum Gasteiger partial charge on any atom is -0.356 e. The van der Waals surface area contributed by atoms with Gasteiger partial charge in [-0.1, -0.05) is 31.3 Å². The van der Waals surface area contributed by atoms with Gasteiger partial charge in [0.15, 0.2) is 0 Å². The van der Waals surface area contributed by atoms with Crippen molar-refractivity contribution in [3.8, 4) is 11.4 Å². The molecule has 2 aliphatic rings. The molecule has 3 heterocycles. The van der Waals surface area contributed by atoms with Crippen molar-refractivity contribution in [3.05, 3.63) is 24.2 Å². The fraction of sp³-hybridized carbons (Fsp3) is 0.636. The second-order valence-electron chi connectivity index (χ2n) is 8.27. The maximum atomic E-state index is 12.8. The number of nitrogens with zero attached hydrogens (tertiary/aromatic N) is 4. The second-order valence-corrected chi connectivity index (χ2v) is 8.27. The lowest BCUT2D eigenvalue weighted by Crippen LogP contribution is -2.44. The van der Waals surface area contributed by atoms with E-state index >= 15 is 0 Å². The largest absolute Gasteiger partial charge is 0.356 e. The molecule has 1 unspecified atom stereocenters. The molecule has 0 spiro atoms. The number of nitrogens with one attached hydrogen (secondary N) is 1. The van der Waals surface area contributed by atoms with Crippen LogP contribution in [0.1, 0.15) is 57.8 Å². The van der Waals surface area contributed by atoms with E-state index in [1.165, 1.54) is 32.1 Å². The number of carbonyl (C=O) groups is 1. The van der Waals surface area contributed by atoms with Crippen molar-refractivity contribution in [1.29, 1.82) is 0 Å². The van der Waals surface area contributed by atoms with Crippen LogP contribution < -0.4 is 10.2 Å². The number of rotatable bonds is 6. The van der Waals surface area contributed by atoms with Crippen LogP contribution >= 0.6 is 0 Å². The minimum atomic E-state index is -0.00123. The first kappa shape index (κ1) is 19.9. The lowest BCUT2D eigenvalue weighted by Gasteiger charge is -2.34. The summed E-state index contributed by atoms with van der Waals surface area (Å²) in [6.45, 7) is 4.38. The number of hydrogen-bond acceptors (Lipinski definition) is 6. The maximum Gasteiger partial charge on any atom is 0.226 e. The molecule has 7 heteroatoms. The van der Waals surface area contributed by atoms with Gasteiger partial charge in [-0.15, -0.1) is 0 Å². The van der Waals surface area contributed by atoms with E-state index in [-0.39, 0.29) is 11.8 Å². The quantitative estimate of drug-likeness (QED) is 0.802. The Bertz CT molecular complexity index is 815. The normalized spacial score (nSPS) is 20.6. The van der Waals surface area contributed by atoms with Gasteiger partial charge in [0.1, 0.15) is 5.82 Å². The molecule has 7 nitrogen and oxygen atoms in total. The van der Waals surface area contributed by atoms with E-state index in [2.05, 4.69) is 25.3 Å². The number of anilines is 1. The molecular formula is C22H31N5O2. The van der Waals surface area contributed by atoms with Crippen LogP contribution in [0.15, 0.2) is 22.9 Å². The molecule has 1 N–H and O–H groups in total. The third-order valence-electron chi connectivity index (χ3n) is 6.18. The van der Waals surface area contributed by atoms with Crippen LogP contribution in [0.2, 0.25) is 0 Å². The molecule has 2 aromatic rings. The Morgan fingerprint density at radius 3 is 2.90 bits per heavy atom. The van der Waals surface area contributed by atoms with E-state index < -0.39 is 0 Å². The standard InChI is InChI=1S/C22H31N5O2/c1-2-19-25-20(26-29-19)18-11-6-12-23-21(18)27-13-7-10-17(15-27)22(28)24-14-16-8-4-3-5-9-16/h6,11-12,16-17H,2-5,7-10,13-15H2,1H3,(H,24,28). The molecular weight excluding hydrogens is 366 g/mol. The number of pyridine rings is 1. The minimum absolute atomic E-state index is 0.00123. The maximum absolute atomic E-state index is 12.8. The molecule has 29 heavy (non-hydrogen) atoms. The van der Waals surface area contributed by atoms with Crippen LogP contribution in [0.5, 0.6) is 0 Å². The number of aryl methyl sites for hydroxylation is 1. The molecule has 1 saturated heterocycles. The summed E-state index contributed by atoms with van der Waals surface area (Å²) < 4.78 is 5.29. The molecule has 1 amide bonds. The van der Waals surface area contributed by atoms with Gasteiger partial charge in [0.05, 0.1) is 11.5 Å². The smallest absolute Gasteiger partial charge is 0.226 e. The Morgan fingerprint density at radius 1 is 1.24 bits per heavy atom. The van der Waals surface area contributed by atoms with Crippen molar-refractivity contribution < 1.29 is 9.32 Å². The van der Waals surface area contributed by atoms with Gasteiger partial charge in [0.2, 0.25) is 17.6 Å². The van der Waals surface area contributed by atoms with Crippen molar-refractivity contribution in [2.75, 3.05) is 24.5 Å². The first-order chi connectivity index (χ1) is 14.2. The van der Waals surface area contributed by atoms with Crippen LogP contribution in [-0.4, -0.2) is 40.7 Å². The Hall–Kier alpha value is -2.44. The molecule has 1 aliphatic carbocycles. The SMILES string of the molecule is CCc1nc(-c2cccnc2N2CCCC(C(=O)NCC3CCCCC3)C2)no1. The molecule has 1 atom stereocenters. The average molecular weight is 398 g/mol.